The van der Waals surface area contributed by atoms with Crippen molar-refractivity contribution in [1.29, 1.82) is 0 Å². The van der Waals surface area contributed by atoms with Gasteiger partial charge in [-0.15, -0.1) is 0 Å². The van der Waals surface area contributed by atoms with Gasteiger partial charge in [-0.25, -0.2) is 4.79 Å². The molecule has 0 amide bonds. The van der Waals surface area contributed by atoms with Crippen LogP contribution >= 0.6 is 0 Å². The van der Waals surface area contributed by atoms with E-state index >= 15 is 0 Å². The number of aryl methyl sites for hydroxylation is 1. The highest BCUT2D eigenvalue weighted by molar-refractivity contribution is 5.93. The highest BCUT2D eigenvalue weighted by atomic mass is 16.5. The van der Waals surface area contributed by atoms with Gasteiger partial charge in [0, 0.05) is 13.2 Å². The zero-order valence-electron chi connectivity index (χ0n) is 7.94. The molecule has 0 saturated carbocycles. The molecule has 5 nitrogen and oxygen atoms in total. The number of carbonyl (C=O) groups is 1. The lowest BCUT2D eigenvalue weighted by Gasteiger charge is -2.05. The van der Waals surface area contributed by atoms with Crippen LogP contribution in [-0.4, -0.2) is 21.9 Å². The van der Waals surface area contributed by atoms with Gasteiger partial charge in [0.2, 0.25) is 0 Å². The molecule has 0 aliphatic rings. The molecule has 0 aliphatic carbocycles. The minimum atomic E-state index is -0.430. The lowest BCUT2D eigenvalue weighted by atomic mass is 10.3. The largest absolute Gasteiger partial charge is 0.459 e. The molecule has 1 heterocycles. The summed E-state index contributed by atoms with van der Waals surface area (Å²) in [5.74, 6) is -0.228. The highest BCUT2D eigenvalue weighted by Gasteiger charge is 2.15. The van der Waals surface area contributed by atoms with Crippen molar-refractivity contribution in [1.82, 2.24) is 9.78 Å². The molecule has 1 aromatic heterocycles. The first-order valence-corrected chi connectivity index (χ1v) is 4.01. The molecule has 5 heteroatoms. The Morgan fingerprint density at radius 1 is 1.69 bits per heavy atom. The minimum absolute atomic E-state index is 0.146. The Morgan fingerprint density at radius 3 is 2.69 bits per heavy atom. The first kappa shape index (κ1) is 9.57. The number of hydrogen-bond acceptors (Lipinski definition) is 4. The van der Waals surface area contributed by atoms with E-state index in [1.54, 1.807) is 27.1 Å². The number of esters is 1. The van der Waals surface area contributed by atoms with Crippen molar-refractivity contribution in [2.45, 2.75) is 20.0 Å². The third-order valence-corrected chi connectivity index (χ3v) is 1.42. The molecule has 2 N–H and O–H groups in total. The van der Waals surface area contributed by atoms with Gasteiger partial charge in [-0.3, -0.25) is 4.68 Å². The molecule has 13 heavy (non-hydrogen) atoms. The summed E-state index contributed by atoms with van der Waals surface area (Å²) in [5.41, 5.74) is 5.80. The lowest BCUT2D eigenvalue weighted by Crippen LogP contribution is -2.12. The number of nitrogen functional groups attached to an aromatic ring is 1. The fourth-order valence-corrected chi connectivity index (χ4v) is 0.940. The first-order valence-electron chi connectivity index (χ1n) is 4.01. The van der Waals surface area contributed by atoms with Crippen molar-refractivity contribution in [3.8, 4) is 0 Å². The van der Waals surface area contributed by atoms with Crippen LogP contribution in [0.25, 0.3) is 0 Å². The van der Waals surface area contributed by atoms with E-state index in [2.05, 4.69) is 5.10 Å². The standard InChI is InChI=1S/C8H13N3O2/c1-5(2)13-8(12)6-4-11(3)10-7(6)9/h4-5H,1-3H3,(H2,9,10). The number of rotatable bonds is 2. The summed E-state index contributed by atoms with van der Waals surface area (Å²) < 4.78 is 6.44. The van der Waals surface area contributed by atoms with E-state index in [0.717, 1.165) is 0 Å². The SMILES string of the molecule is CC(C)OC(=O)c1cn(C)nc1N. The molecule has 0 fully saturated rings. The molecule has 0 spiro atoms. The van der Waals surface area contributed by atoms with E-state index in [0.29, 0.717) is 5.56 Å². The van der Waals surface area contributed by atoms with Crippen molar-refractivity contribution in [3.63, 3.8) is 0 Å². The maximum Gasteiger partial charge on any atom is 0.343 e. The van der Waals surface area contributed by atoms with Crippen molar-refractivity contribution >= 4 is 11.8 Å². The molecular formula is C8H13N3O2. The van der Waals surface area contributed by atoms with Gasteiger partial charge in [0.05, 0.1) is 6.10 Å². The molecule has 1 rings (SSSR count). The van der Waals surface area contributed by atoms with E-state index in [9.17, 15) is 4.79 Å². The number of carbonyl (C=O) groups excluding carboxylic acids is 1. The summed E-state index contributed by atoms with van der Waals surface area (Å²) in [6.07, 6.45) is 1.40. The van der Waals surface area contributed by atoms with Crippen molar-refractivity contribution < 1.29 is 9.53 Å². The topological polar surface area (TPSA) is 70.1 Å². The minimum Gasteiger partial charge on any atom is -0.459 e. The molecule has 1 aromatic rings. The second-order valence-electron chi connectivity index (χ2n) is 3.06. The van der Waals surface area contributed by atoms with Crippen LogP contribution in [0.5, 0.6) is 0 Å². The predicted molar refractivity (Wildman–Crippen MR) is 48.2 cm³/mol. The fourth-order valence-electron chi connectivity index (χ4n) is 0.940. The van der Waals surface area contributed by atoms with E-state index in [1.165, 1.54) is 4.68 Å². The van der Waals surface area contributed by atoms with Crippen molar-refractivity contribution in [3.05, 3.63) is 11.8 Å². The van der Waals surface area contributed by atoms with Crippen LogP contribution in [0.15, 0.2) is 6.20 Å². The molecule has 0 bridgehead atoms. The second-order valence-corrected chi connectivity index (χ2v) is 3.06. The van der Waals surface area contributed by atoms with Gasteiger partial charge >= 0.3 is 5.97 Å². The summed E-state index contributed by atoms with van der Waals surface area (Å²) >= 11 is 0. The zero-order chi connectivity index (χ0) is 10.0. The maximum absolute atomic E-state index is 11.3. The van der Waals surface area contributed by atoms with Gasteiger partial charge in [-0.2, -0.15) is 5.10 Å². The zero-order valence-corrected chi connectivity index (χ0v) is 7.94. The van der Waals surface area contributed by atoms with Crippen LogP contribution < -0.4 is 5.73 Å². The summed E-state index contributed by atoms with van der Waals surface area (Å²) in [6, 6.07) is 0. The molecular weight excluding hydrogens is 170 g/mol. The Bertz CT molecular complexity index is 317. The fraction of sp³-hybridized carbons (Fsp3) is 0.500. The summed E-state index contributed by atoms with van der Waals surface area (Å²) in [6.45, 7) is 3.56. The van der Waals surface area contributed by atoms with E-state index < -0.39 is 5.97 Å². The Kier molecular flexibility index (Phi) is 2.55. The lowest BCUT2D eigenvalue weighted by molar-refractivity contribution is 0.0379. The number of nitrogens with zero attached hydrogens (tertiary/aromatic N) is 2. The average molecular weight is 183 g/mol. The summed E-state index contributed by atoms with van der Waals surface area (Å²) in [4.78, 5) is 11.3. The third-order valence-electron chi connectivity index (χ3n) is 1.42. The Balaban J connectivity index is 2.82. The number of aromatic nitrogens is 2. The monoisotopic (exact) mass is 183 g/mol. The third kappa shape index (κ3) is 2.21. The number of hydrogen-bond donors (Lipinski definition) is 1. The van der Waals surface area contributed by atoms with Gasteiger partial charge in [-0.1, -0.05) is 0 Å². The Hall–Kier alpha value is -1.52. The average Bonchev–Trinajstić information content (AvgIpc) is 2.28. The molecule has 0 radical (unpaired) electrons. The molecule has 0 saturated heterocycles. The maximum atomic E-state index is 11.3. The van der Waals surface area contributed by atoms with Gasteiger partial charge in [0.25, 0.3) is 0 Å². The van der Waals surface area contributed by atoms with Gasteiger partial charge < -0.3 is 10.5 Å². The van der Waals surface area contributed by atoms with E-state index in [-0.39, 0.29) is 11.9 Å². The van der Waals surface area contributed by atoms with Crippen molar-refractivity contribution in [2.75, 3.05) is 5.73 Å². The molecule has 0 aliphatic heterocycles. The van der Waals surface area contributed by atoms with Crippen LogP contribution in [0, 0.1) is 0 Å². The first-order chi connectivity index (χ1) is 6.00. The van der Waals surface area contributed by atoms with Gasteiger partial charge in [0.15, 0.2) is 5.82 Å². The number of nitrogens with two attached hydrogens (primary N) is 1. The molecule has 0 aromatic carbocycles. The Morgan fingerprint density at radius 2 is 2.31 bits per heavy atom. The van der Waals surface area contributed by atoms with E-state index in [1.807, 2.05) is 0 Å². The van der Waals surface area contributed by atoms with Crippen LogP contribution in [0.2, 0.25) is 0 Å². The van der Waals surface area contributed by atoms with Crippen LogP contribution in [0.4, 0.5) is 5.82 Å². The van der Waals surface area contributed by atoms with Gasteiger partial charge in [0.1, 0.15) is 5.56 Å². The summed E-state index contributed by atoms with van der Waals surface area (Å²) in [5, 5.41) is 3.83. The molecule has 72 valence electrons. The Labute approximate surface area is 76.5 Å². The molecule has 0 atom stereocenters. The quantitative estimate of drug-likeness (QED) is 0.680. The molecule has 0 unspecified atom stereocenters. The van der Waals surface area contributed by atoms with Gasteiger partial charge in [-0.05, 0) is 13.8 Å². The van der Waals surface area contributed by atoms with Crippen molar-refractivity contribution in [2.24, 2.45) is 7.05 Å². The summed E-state index contributed by atoms with van der Waals surface area (Å²) in [7, 11) is 1.70. The van der Waals surface area contributed by atoms with Crippen LogP contribution in [0.1, 0.15) is 24.2 Å². The number of anilines is 1. The smallest absolute Gasteiger partial charge is 0.343 e. The normalized spacial score (nSPS) is 10.5. The van der Waals surface area contributed by atoms with Crippen LogP contribution in [0.3, 0.4) is 0 Å². The highest BCUT2D eigenvalue weighted by Crippen LogP contribution is 2.10. The number of ether oxygens (including phenoxy) is 1. The predicted octanol–water partition coefficient (Wildman–Crippen LogP) is 0.568. The second kappa shape index (κ2) is 3.47. The van der Waals surface area contributed by atoms with E-state index in [4.69, 9.17) is 10.5 Å². The van der Waals surface area contributed by atoms with Crippen LogP contribution in [-0.2, 0) is 11.8 Å².